The lowest BCUT2D eigenvalue weighted by Crippen LogP contribution is -2.83. The molecule has 5 heteroatoms. The van der Waals surface area contributed by atoms with E-state index in [1.807, 2.05) is 0 Å². The third-order valence-corrected chi connectivity index (χ3v) is 14.8. The number of benzene rings is 3. The summed E-state index contributed by atoms with van der Waals surface area (Å²) in [5.41, 5.74) is 0. The van der Waals surface area contributed by atoms with Gasteiger partial charge in [0.1, 0.15) is 21.0 Å². The van der Waals surface area contributed by atoms with Crippen LogP contribution in [0.15, 0.2) is 96.0 Å². The van der Waals surface area contributed by atoms with Crippen molar-refractivity contribution in [2.75, 3.05) is 6.61 Å². The van der Waals surface area contributed by atoms with Crippen LogP contribution in [0.2, 0.25) is 19.6 Å². The summed E-state index contributed by atoms with van der Waals surface area (Å²) < 4.78 is 8.43. The Kier molecular flexibility index (Phi) is 5.54. The lowest BCUT2D eigenvalue weighted by molar-refractivity contribution is 0.286. The maximum Gasteiger partial charge on any atom is 0.220 e. The molecule has 1 atom stereocenters. The van der Waals surface area contributed by atoms with Gasteiger partial charge in [0.25, 0.3) is 0 Å². The molecule has 1 aliphatic rings. The predicted octanol–water partition coefficient (Wildman–Crippen LogP) is 3.18. The number of hydrogen-bond acceptors (Lipinski definition) is 3. The van der Waals surface area contributed by atoms with Crippen LogP contribution in [0.25, 0.3) is 0 Å². The molecule has 3 nitrogen and oxygen atoms in total. The lowest BCUT2D eigenvalue weighted by Gasteiger charge is -2.51. The van der Waals surface area contributed by atoms with E-state index in [1.165, 1.54) is 15.6 Å². The molecule has 29 heavy (non-hydrogen) atoms. The molecule has 4 rings (SSSR count). The first kappa shape index (κ1) is 19.8. The molecule has 0 radical (unpaired) electrons. The number of hydrogen-bond donors (Lipinski definition) is 0. The number of nitrogens with zero attached hydrogens (tertiary/aromatic N) is 2. The average molecular weight is 417 g/mol. The van der Waals surface area contributed by atoms with Gasteiger partial charge in [-0.2, -0.15) is 0 Å². The topological polar surface area (TPSA) is 24.8 Å². The first-order chi connectivity index (χ1) is 14.0. The van der Waals surface area contributed by atoms with E-state index in [9.17, 15) is 0 Å². The van der Waals surface area contributed by atoms with E-state index in [2.05, 4.69) is 115 Å². The Bertz CT molecular complexity index is 860. The van der Waals surface area contributed by atoms with E-state index in [0.29, 0.717) is 6.61 Å². The molecule has 1 unspecified atom stereocenters. The second kappa shape index (κ2) is 8.10. The van der Waals surface area contributed by atoms with Crippen molar-refractivity contribution in [1.82, 2.24) is 4.23 Å². The molecular formula is C24H28N2OSi2. The highest BCUT2D eigenvalue weighted by Gasteiger charge is 2.53. The van der Waals surface area contributed by atoms with Crippen molar-refractivity contribution in [3.8, 4) is 0 Å². The summed E-state index contributed by atoms with van der Waals surface area (Å²) >= 11 is 0. The molecular weight excluding hydrogens is 388 g/mol. The van der Waals surface area contributed by atoms with Gasteiger partial charge in [-0.25, -0.2) is 4.99 Å². The minimum Gasteiger partial charge on any atom is -0.480 e. The Morgan fingerprint density at radius 2 is 1.14 bits per heavy atom. The Morgan fingerprint density at radius 3 is 1.45 bits per heavy atom. The van der Waals surface area contributed by atoms with Gasteiger partial charge >= 0.3 is 0 Å². The Labute approximate surface area is 175 Å². The SMILES string of the molecule is C[Si](C)(C)N(C1COC=N1)[Si](c1ccccc1)(c1ccccc1)c1ccccc1. The standard InChI is InChI=1S/C24H28N2OSi2/c1-28(2,3)26(24-19-27-20-25-24)29(21-13-7-4-8-14-21,22-15-9-5-10-16-22)23-17-11-6-12-18-23/h4-18,20,24H,19H2,1-3H3. The minimum atomic E-state index is -2.55. The van der Waals surface area contributed by atoms with Crippen molar-refractivity contribution in [2.45, 2.75) is 25.8 Å². The molecule has 0 amide bonds. The van der Waals surface area contributed by atoms with Crippen molar-refractivity contribution in [1.29, 1.82) is 0 Å². The summed E-state index contributed by atoms with van der Waals surface area (Å²) in [6.07, 6.45) is 1.67. The number of ether oxygens (including phenoxy) is 1. The summed E-state index contributed by atoms with van der Waals surface area (Å²) in [6, 6.07) is 33.1. The van der Waals surface area contributed by atoms with Gasteiger partial charge in [-0.05, 0) is 15.6 Å². The fraction of sp³-hybridized carbons (Fsp3) is 0.208. The second-order valence-corrected chi connectivity index (χ2v) is 17.3. The van der Waals surface area contributed by atoms with Crippen molar-refractivity contribution in [2.24, 2.45) is 4.99 Å². The number of rotatable bonds is 6. The lowest BCUT2D eigenvalue weighted by atomic mass is 10.3. The van der Waals surface area contributed by atoms with Crippen LogP contribution in [0.3, 0.4) is 0 Å². The maximum atomic E-state index is 5.65. The van der Waals surface area contributed by atoms with Crippen LogP contribution in [0.5, 0.6) is 0 Å². The zero-order chi connectivity index (χ0) is 20.3. The summed E-state index contributed by atoms with van der Waals surface area (Å²) in [5.74, 6) is 0. The first-order valence-corrected chi connectivity index (χ1v) is 15.5. The molecule has 0 aliphatic carbocycles. The van der Waals surface area contributed by atoms with E-state index in [1.54, 1.807) is 6.40 Å². The number of aliphatic imine (C=N–C) groups is 1. The van der Waals surface area contributed by atoms with Gasteiger partial charge < -0.3 is 8.97 Å². The van der Waals surface area contributed by atoms with Crippen LogP contribution >= 0.6 is 0 Å². The van der Waals surface area contributed by atoms with Gasteiger partial charge in [0.2, 0.25) is 8.24 Å². The second-order valence-electron chi connectivity index (χ2n) is 8.42. The fourth-order valence-corrected chi connectivity index (χ4v) is 15.2. The normalized spacial score (nSPS) is 16.8. The summed E-state index contributed by atoms with van der Waals surface area (Å²) in [5, 5.41) is 4.17. The van der Waals surface area contributed by atoms with E-state index >= 15 is 0 Å². The van der Waals surface area contributed by atoms with Gasteiger partial charge in [0, 0.05) is 0 Å². The van der Waals surface area contributed by atoms with Crippen LogP contribution in [-0.4, -0.2) is 39.9 Å². The van der Waals surface area contributed by atoms with Crippen molar-refractivity contribution >= 4 is 38.4 Å². The highest BCUT2D eigenvalue weighted by atomic mass is 28.4. The van der Waals surface area contributed by atoms with Crippen molar-refractivity contribution in [3.05, 3.63) is 91.0 Å². The molecule has 0 saturated carbocycles. The van der Waals surface area contributed by atoms with Crippen LogP contribution in [0, 0.1) is 0 Å². The van der Waals surface area contributed by atoms with E-state index in [0.717, 1.165) is 0 Å². The molecule has 3 aromatic carbocycles. The van der Waals surface area contributed by atoms with Crippen LogP contribution in [-0.2, 0) is 4.74 Å². The zero-order valence-electron chi connectivity index (χ0n) is 17.3. The zero-order valence-corrected chi connectivity index (χ0v) is 19.3. The van der Waals surface area contributed by atoms with Crippen molar-refractivity contribution in [3.63, 3.8) is 0 Å². The predicted molar refractivity (Wildman–Crippen MR) is 127 cm³/mol. The maximum absolute atomic E-state index is 5.65. The molecule has 0 spiro atoms. The molecule has 1 heterocycles. The third kappa shape index (κ3) is 3.61. The van der Waals surface area contributed by atoms with Gasteiger partial charge in [0.05, 0.1) is 0 Å². The Morgan fingerprint density at radius 1 is 0.724 bits per heavy atom. The Hall–Kier alpha value is -2.48. The molecule has 1 aliphatic heterocycles. The molecule has 0 bridgehead atoms. The molecule has 148 valence electrons. The summed E-state index contributed by atoms with van der Waals surface area (Å²) in [7, 11) is -4.39. The van der Waals surface area contributed by atoms with E-state index < -0.39 is 16.5 Å². The van der Waals surface area contributed by atoms with E-state index in [-0.39, 0.29) is 6.17 Å². The first-order valence-electron chi connectivity index (χ1n) is 10.1. The molecule has 0 N–H and O–H groups in total. The summed E-state index contributed by atoms with van der Waals surface area (Å²) in [6.45, 7) is 7.90. The minimum absolute atomic E-state index is 0.0361. The van der Waals surface area contributed by atoms with Crippen LogP contribution < -0.4 is 15.6 Å². The largest absolute Gasteiger partial charge is 0.480 e. The van der Waals surface area contributed by atoms with Gasteiger partial charge in [-0.1, -0.05) is 111 Å². The molecule has 0 fully saturated rings. The smallest absolute Gasteiger partial charge is 0.220 e. The molecule has 0 aromatic heterocycles. The fourth-order valence-electron chi connectivity index (χ4n) is 4.56. The Balaban J connectivity index is 2.11. The van der Waals surface area contributed by atoms with E-state index in [4.69, 9.17) is 9.73 Å². The summed E-state index contributed by atoms with van der Waals surface area (Å²) in [4.78, 5) is 4.79. The van der Waals surface area contributed by atoms with Gasteiger partial charge in [0.15, 0.2) is 6.40 Å². The van der Waals surface area contributed by atoms with Crippen LogP contribution in [0.4, 0.5) is 0 Å². The van der Waals surface area contributed by atoms with Gasteiger partial charge in [-0.3, -0.25) is 0 Å². The molecule has 3 aromatic rings. The average Bonchev–Trinajstić information content (AvgIpc) is 3.27. The van der Waals surface area contributed by atoms with Crippen LogP contribution in [0.1, 0.15) is 0 Å². The van der Waals surface area contributed by atoms with Gasteiger partial charge in [-0.15, -0.1) is 0 Å². The highest BCUT2D eigenvalue weighted by Crippen LogP contribution is 2.26. The van der Waals surface area contributed by atoms with Crippen molar-refractivity contribution < 1.29 is 4.74 Å². The molecule has 0 saturated heterocycles. The third-order valence-electron chi connectivity index (χ3n) is 5.51. The monoisotopic (exact) mass is 416 g/mol. The highest BCUT2D eigenvalue weighted by molar-refractivity contribution is 7.14. The quantitative estimate of drug-likeness (QED) is 0.455.